The predicted molar refractivity (Wildman–Crippen MR) is 79.9 cm³/mol. The molecule has 1 saturated heterocycles. The van der Waals surface area contributed by atoms with Crippen molar-refractivity contribution in [1.29, 1.82) is 0 Å². The quantitative estimate of drug-likeness (QED) is 0.877. The summed E-state index contributed by atoms with van der Waals surface area (Å²) in [5.41, 5.74) is 1.02. The molecule has 19 heavy (non-hydrogen) atoms. The van der Waals surface area contributed by atoms with Crippen LogP contribution >= 0.6 is 0 Å². The molecule has 1 N–H and O–H groups in total. The molecule has 2 rings (SSSR count). The summed E-state index contributed by atoms with van der Waals surface area (Å²) in [7, 11) is 4.26. The number of anilines is 2. The molecule has 1 aliphatic heterocycles. The Morgan fingerprint density at radius 3 is 2.89 bits per heavy atom. The van der Waals surface area contributed by atoms with Gasteiger partial charge in [-0.25, -0.2) is 4.98 Å². The van der Waals surface area contributed by atoms with Crippen molar-refractivity contribution in [2.75, 3.05) is 43.9 Å². The second-order valence-electron chi connectivity index (χ2n) is 5.47. The van der Waals surface area contributed by atoms with Gasteiger partial charge in [0.15, 0.2) is 0 Å². The Labute approximate surface area is 116 Å². The largest absolute Gasteiger partial charge is 0.354 e. The van der Waals surface area contributed by atoms with Crippen LogP contribution in [0.4, 0.5) is 11.8 Å². The minimum Gasteiger partial charge on any atom is -0.354 e. The average Bonchev–Trinajstić information content (AvgIpc) is 2.75. The molecule has 0 bridgehead atoms. The first-order chi connectivity index (χ1) is 9.10. The standard InChI is InChI=1S/C14H25N5/c1-5-15-14-16-11(2)9-13(17-14)19-8-6-7-12(19)10-18(3)4/h9,12H,5-8,10H2,1-4H3,(H,15,16,17). The van der Waals surface area contributed by atoms with E-state index in [9.17, 15) is 0 Å². The fraction of sp³-hybridized carbons (Fsp3) is 0.714. The van der Waals surface area contributed by atoms with E-state index in [-0.39, 0.29) is 0 Å². The second kappa shape index (κ2) is 6.19. The van der Waals surface area contributed by atoms with Gasteiger partial charge in [0.1, 0.15) is 5.82 Å². The van der Waals surface area contributed by atoms with E-state index < -0.39 is 0 Å². The topological polar surface area (TPSA) is 44.3 Å². The van der Waals surface area contributed by atoms with Gasteiger partial charge in [-0.2, -0.15) is 4.98 Å². The second-order valence-corrected chi connectivity index (χ2v) is 5.47. The van der Waals surface area contributed by atoms with Crippen molar-refractivity contribution >= 4 is 11.8 Å². The number of hydrogen-bond acceptors (Lipinski definition) is 5. The summed E-state index contributed by atoms with van der Waals surface area (Å²) in [5, 5.41) is 3.21. The first-order valence-corrected chi connectivity index (χ1v) is 7.11. The van der Waals surface area contributed by atoms with Crippen molar-refractivity contribution in [3.63, 3.8) is 0 Å². The van der Waals surface area contributed by atoms with Crippen LogP contribution in [0.5, 0.6) is 0 Å². The molecule has 0 aliphatic carbocycles. The summed E-state index contributed by atoms with van der Waals surface area (Å²) in [6.07, 6.45) is 2.50. The van der Waals surface area contributed by atoms with Gasteiger partial charge in [-0.15, -0.1) is 0 Å². The van der Waals surface area contributed by atoms with E-state index >= 15 is 0 Å². The Balaban J connectivity index is 2.19. The third-order valence-electron chi connectivity index (χ3n) is 3.42. The number of rotatable bonds is 5. The van der Waals surface area contributed by atoms with Crippen molar-refractivity contribution in [3.8, 4) is 0 Å². The zero-order chi connectivity index (χ0) is 13.8. The van der Waals surface area contributed by atoms with Crippen LogP contribution in [-0.4, -0.2) is 54.6 Å². The van der Waals surface area contributed by atoms with E-state index in [1.54, 1.807) is 0 Å². The van der Waals surface area contributed by atoms with Gasteiger partial charge in [-0.3, -0.25) is 0 Å². The third-order valence-corrected chi connectivity index (χ3v) is 3.42. The predicted octanol–water partition coefficient (Wildman–Crippen LogP) is 1.75. The summed E-state index contributed by atoms with van der Waals surface area (Å²) >= 11 is 0. The Kier molecular flexibility index (Phi) is 4.58. The molecule has 0 saturated carbocycles. The molecular weight excluding hydrogens is 238 g/mol. The highest BCUT2D eigenvalue weighted by atomic mass is 15.3. The first kappa shape index (κ1) is 14.1. The van der Waals surface area contributed by atoms with Gasteiger partial charge in [0.25, 0.3) is 0 Å². The van der Waals surface area contributed by atoms with Gasteiger partial charge < -0.3 is 15.1 Å². The van der Waals surface area contributed by atoms with Gasteiger partial charge in [-0.05, 0) is 40.8 Å². The summed E-state index contributed by atoms with van der Waals surface area (Å²) in [6, 6.07) is 2.66. The number of nitrogens with zero attached hydrogens (tertiary/aromatic N) is 4. The summed E-state index contributed by atoms with van der Waals surface area (Å²) in [5.74, 6) is 1.81. The Hall–Kier alpha value is -1.36. The van der Waals surface area contributed by atoms with E-state index in [0.29, 0.717) is 6.04 Å². The van der Waals surface area contributed by atoms with Crippen LogP contribution in [-0.2, 0) is 0 Å². The summed E-state index contributed by atoms with van der Waals surface area (Å²) in [4.78, 5) is 13.7. The Morgan fingerprint density at radius 2 is 2.21 bits per heavy atom. The molecule has 0 spiro atoms. The lowest BCUT2D eigenvalue weighted by Crippen LogP contribution is -2.38. The molecule has 5 heteroatoms. The van der Waals surface area contributed by atoms with Crippen LogP contribution in [0.1, 0.15) is 25.5 Å². The van der Waals surface area contributed by atoms with Crippen LogP contribution in [0.3, 0.4) is 0 Å². The number of aryl methyl sites for hydroxylation is 1. The van der Waals surface area contributed by atoms with Crippen LogP contribution in [0.15, 0.2) is 6.07 Å². The molecule has 2 heterocycles. The van der Waals surface area contributed by atoms with Crippen molar-refractivity contribution in [2.45, 2.75) is 32.7 Å². The maximum Gasteiger partial charge on any atom is 0.224 e. The Morgan fingerprint density at radius 1 is 1.42 bits per heavy atom. The molecule has 1 atom stereocenters. The van der Waals surface area contributed by atoms with Gasteiger partial charge in [0.2, 0.25) is 5.95 Å². The van der Waals surface area contributed by atoms with Gasteiger partial charge >= 0.3 is 0 Å². The number of nitrogens with one attached hydrogen (secondary N) is 1. The van der Waals surface area contributed by atoms with E-state index in [1.807, 2.05) is 6.92 Å². The van der Waals surface area contributed by atoms with Crippen molar-refractivity contribution < 1.29 is 0 Å². The lowest BCUT2D eigenvalue weighted by atomic mass is 10.2. The van der Waals surface area contributed by atoms with Crippen molar-refractivity contribution in [3.05, 3.63) is 11.8 Å². The lowest BCUT2D eigenvalue weighted by molar-refractivity contribution is 0.371. The van der Waals surface area contributed by atoms with Crippen LogP contribution in [0, 0.1) is 6.92 Å². The van der Waals surface area contributed by atoms with E-state index in [2.05, 4.69) is 52.2 Å². The normalized spacial score (nSPS) is 19.2. The molecule has 1 aromatic heterocycles. The van der Waals surface area contributed by atoms with Crippen LogP contribution < -0.4 is 10.2 Å². The minimum atomic E-state index is 0.568. The zero-order valence-electron chi connectivity index (χ0n) is 12.5. The zero-order valence-corrected chi connectivity index (χ0v) is 12.5. The van der Waals surface area contributed by atoms with E-state index in [1.165, 1.54) is 12.8 Å². The minimum absolute atomic E-state index is 0.568. The third kappa shape index (κ3) is 3.56. The van der Waals surface area contributed by atoms with Gasteiger partial charge in [-0.1, -0.05) is 0 Å². The van der Waals surface area contributed by atoms with Crippen molar-refractivity contribution in [2.24, 2.45) is 0 Å². The van der Waals surface area contributed by atoms with E-state index in [0.717, 1.165) is 37.1 Å². The SMILES string of the molecule is CCNc1nc(C)cc(N2CCCC2CN(C)C)n1. The molecular formula is C14H25N5. The Bertz CT molecular complexity index is 418. The van der Waals surface area contributed by atoms with Gasteiger partial charge in [0, 0.05) is 37.4 Å². The highest BCUT2D eigenvalue weighted by molar-refractivity contribution is 5.46. The van der Waals surface area contributed by atoms with Gasteiger partial charge in [0.05, 0.1) is 0 Å². The number of hydrogen-bond donors (Lipinski definition) is 1. The molecule has 1 aliphatic rings. The molecule has 0 amide bonds. The molecule has 1 aromatic rings. The molecule has 1 fully saturated rings. The van der Waals surface area contributed by atoms with Crippen molar-refractivity contribution in [1.82, 2.24) is 14.9 Å². The lowest BCUT2D eigenvalue weighted by Gasteiger charge is -2.28. The molecule has 0 aromatic carbocycles. The first-order valence-electron chi connectivity index (χ1n) is 7.11. The fourth-order valence-electron chi connectivity index (χ4n) is 2.68. The van der Waals surface area contributed by atoms with E-state index in [4.69, 9.17) is 0 Å². The fourth-order valence-corrected chi connectivity index (χ4v) is 2.68. The monoisotopic (exact) mass is 263 g/mol. The maximum atomic E-state index is 4.65. The van der Waals surface area contributed by atoms with Crippen LogP contribution in [0.25, 0.3) is 0 Å². The smallest absolute Gasteiger partial charge is 0.224 e. The highest BCUT2D eigenvalue weighted by Crippen LogP contribution is 2.25. The molecule has 0 radical (unpaired) electrons. The summed E-state index contributed by atoms with van der Waals surface area (Å²) < 4.78 is 0. The molecule has 1 unspecified atom stereocenters. The average molecular weight is 263 g/mol. The molecule has 5 nitrogen and oxygen atoms in total. The highest BCUT2D eigenvalue weighted by Gasteiger charge is 2.26. The molecule has 106 valence electrons. The van der Waals surface area contributed by atoms with Crippen LogP contribution in [0.2, 0.25) is 0 Å². The number of aromatic nitrogens is 2. The number of likely N-dealkylation sites (N-methyl/N-ethyl adjacent to an activating group) is 1. The maximum absolute atomic E-state index is 4.65. The summed E-state index contributed by atoms with van der Waals surface area (Å²) in [6.45, 7) is 7.13.